The molecule has 0 saturated carbocycles. The highest BCUT2D eigenvalue weighted by Gasteiger charge is 2.38. The second-order valence-electron chi connectivity index (χ2n) is 5.37. The van der Waals surface area contributed by atoms with Crippen molar-refractivity contribution in [3.63, 3.8) is 0 Å². The minimum atomic E-state index is -4.93. The number of methoxy groups -OCH3 is 2. The van der Waals surface area contributed by atoms with Crippen LogP contribution in [0.5, 0.6) is 11.5 Å². The quantitative estimate of drug-likeness (QED) is 0.805. The Morgan fingerprint density at radius 3 is 2.00 bits per heavy atom. The van der Waals surface area contributed by atoms with Crippen LogP contribution in [0.2, 0.25) is 0 Å². The molecule has 2 amide bonds. The zero-order chi connectivity index (χ0) is 20.0. The Labute approximate surface area is 153 Å². The molecular formula is C18H17F3N2O4. The highest BCUT2D eigenvalue weighted by molar-refractivity contribution is 6.08. The molecule has 144 valence electrons. The molecule has 2 aromatic carbocycles. The van der Waals surface area contributed by atoms with Gasteiger partial charge in [0.15, 0.2) is 0 Å². The summed E-state index contributed by atoms with van der Waals surface area (Å²) in [6.45, 7) is -0.285. The van der Waals surface area contributed by atoms with Crippen LogP contribution in [0.4, 0.5) is 18.9 Å². The molecule has 0 aromatic heterocycles. The SMILES string of the molecule is COc1cccc(OC)c1C(=O)Nc1ccc(CNC(=O)C(F)(F)F)cc1. The van der Waals surface area contributed by atoms with Crippen molar-refractivity contribution in [2.75, 3.05) is 19.5 Å². The molecular weight excluding hydrogens is 365 g/mol. The van der Waals surface area contributed by atoms with Crippen molar-refractivity contribution >= 4 is 17.5 Å². The van der Waals surface area contributed by atoms with Gasteiger partial charge in [0.25, 0.3) is 5.91 Å². The molecule has 0 fully saturated rings. The van der Waals surface area contributed by atoms with Crippen LogP contribution in [0.1, 0.15) is 15.9 Å². The first-order chi connectivity index (χ1) is 12.8. The maximum absolute atomic E-state index is 12.5. The van der Waals surface area contributed by atoms with Crippen LogP contribution < -0.4 is 20.1 Å². The monoisotopic (exact) mass is 382 g/mol. The third-order valence-electron chi connectivity index (χ3n) is 3.58. The summed E-state index contributed by atoms with van der Waals surface area (Å²) in [5.41, 5.74) is 1.07. The lowest BCUT2D eigenvalue weighted by Gasteiger charge is -2.13. The molecule has 0 aliphatic rings. The Hall–Kier alpha value is -3.23. The van der Waals surface area contributed by atoms with Crippen LogP contribution in [-0.2, 0) is 11.3 Å². The summed E-state index contributed by atoms with van der Waals surface area (Å²) in [6, 6.07) is 10.9. The number of anilines is 1. The molecule has 0 saturated heterocycles. The Balaban J connectivity index is 2.07. The summed E-state index contributed by atoms with van der Waals surface area (Å²) in [6.07, 6.45) is -4.93. The van der Waals surface area contributed by atoms with Gasteiger partial charge in [-0.3, -0.25) is 9.59 Å². The molecule has 0 atom stereocenters. The predicted octanol–water partition coefficient (Wildman–Crippen LogP) is 3.13. The summed E-state index contributed by atoms with van der Waals surface area (Å²) in [7, 11) is 2.85. The number of hydrogen-bond acceptors (Lipinski definition) is 4. The lowest BCUT2D eigenvalue weighted by molar-refractivity contribution is -0.173. The van der Waals surface area contributed by atoms with E-state index < -0.39 is 18.0 Å². The average Bonchev–Trinajstić information content (AvgIpc) is 2.65. The highest BCUT2D eigenvalue weighted by Crippen LogP contribution is 2.29. The molecule has 0 unspecified atom stereocenters. The van der Waals surface area contributed by atoms with Gasteiger partial charge >= 0.3 is 12.1 Å². The number of carbonyl (C=O) groups excluding carboxylic acids is 2. The zero-order valence-electron chi connectivity index (χ0n) is 14.5. The molecule has 0 spiro atoms. The lowest BCUT2D eigenvalue weighted by Crippen LogP contribution is -2.36. The van der Waals surface area contributed by atoms with E-state index in [9.17, 15) is 22.8 Å². The highest BCUT2D eigenvalue weighted by atomic mass is 19.4. The summed E-state index contributed by atoms with van der Waals surface area (Å²) >= 11 is 0. The van der Waals surface area contributed by atoms with E-state index >= 15 is 0 Å². The van der Waals surface area contributed by atoms with Gasteiger partial charge < -0.3 is 20.1 Å². The average molecular weight is 382 g/mol. The molecule has 0 aliphatic heterocycles. The van der Waals surface area contributed by atoms with E-state index in [-0.39, 0.29) is 12.1 Å². The van der Waals surface area contributed by atoms with Crippen molar-refractivity contribution in [1.29, 1.82) is 0 Å². The van der Waals surface area contributed by atoms with Crippen LogP contribution in [0.3, 0.4) is 0 Å². The Kier molecular flexibility index (Phi) is 6.27. The second-order valence-corrected chi connectivity index (χ2v) is 5.37. The van der Waals surface area contributed by atoms with E-state index in [1.54, 1.807) is 23.5 Å². The van der Waals surface area contributed by atoms with Crippen LogP contribution in [0, 0.1) is 0 Å². The van der Waals surface area contributed by atoms with E-state index in [1.807, 2.05) is 0 Å². The number of amides is 2. The Morgan fingerprint density at radius 1 is 0.963 bits per heavy atom. The van der Waals surface area contributed by atoms with Crippen molar-refractivity contribution in [1.82, 2.24) is 5.32 Å². The Morgan fingerprint density at radius 2 is 1.52 bits per heavy atom. The molecule has 2 aromatic rings. The van der Waals surface area contributed by atoms with Crippen molar-refractivity contribution in [3.8, 4) is 11.5 Å². The minimum absolute atomic E-state index is 0.212. The van der Waals surface area contributed by atoms with Crippen LogP contribution >= 0.6 is 0 Å². The molecule has 0 bridgehead atoms. The van der Waals surface area contributed by atoms with Crippen LogP contribution in [0.15, 0.2) is 42.5 Å². The van der Waals surface area contributed by atoms with Gasteiger partial charge in [-0.05, 0) is 29.8 Å². The summed E-state index contributed by atoms with van der Waals surface area (Å²) < 4.78 is 46.8. The van der Waals surface area contributed by atoms with E-state index in [4.69, 9.17) is 9.47 Å². The summed E-state index contributed by atoms with van der Waals surface area (Å²) in [5.74, 6) is -1.82. The maximum atomic E-state index is 12.5. The van der Waals surface area contributed by atoms with Gasteiger partial charge in [0.1, 0.15) is 17.1 Å². The first kappa shape index (κ1) is 20.1. The molecule has 0 radical (unpaired) electrons. The van der Waals surface area contributed by atoms with Crippen molar-refractivity contribution in [2.24, 2.45) is 0 Å². The lowest BCUT2D eigenvalue weighted by atomic mass is 10.1. The van der Waals surface area contributed by atoms with E-state index in [0.717, 1.165) is 0 Å². The second kappa shape index (κ2) is 8.43. The van der Waals surface area contributed by atoms with Gasteiger partial charge in [0.05, 0.1) is 14.2 Å². The third-order valence-corrected chi connectivity index (χ3v) is 3.58. The molecule has 0 aliphatic carbocycles. The van der Waals surface area contributed by atoms with E-state index in [0.29, 0.717) is 22.7 Å². The summed E-state index contributed by atoms with van der Waals surface area (Å²) in [4.78, 5) is 23.3. The molecule has 0 heterocycles. The number of hydrogen-bond donors (Lipinski definition) is 2. The topological polar surface area (TPSA) is 76.7 Å². The number of halogens is 3. The molecule has 27 heavy (non-hydrogen) atoms. The third kappa shape index (κ3) is 5.13. The van der Waals surface area contributed by atoms with Crippen LogP contribution in [0.25, 0.3) is 0 Å². The fourth-order valence-electron chi connectivity index (χ4n) is 2.26. The van der Waals surface area contributed by atoms with Gasteiger partial charge in [-0.15, -0.1) is 0 Å². The molecule has 2 N–H and O–H groups in total. The maximum Gasteiger partial charge on any atom is 0.471 e. The fraction of sp³-hybridized carbons (Fsp3) is 0.222. The largest absolute Gasteiger partial charge is 0.496 e. The van der Waals surface area contributed by atoms with Gasteiger partial charge in [0, 0.05) is 12.2 Å². The Bertz CT molecular complexity index is 798. The number of carbonyl (C=O) groups is 2. The number of rotatable bonds is 6. The van der Waals surface area contributed by atoms with Gasteiger partial charge in [-0.2, -0.15) is 13.2 Å². The van der Waals surface area contributed by atoms with Gasteiger partial charge in [0.2, 0.25) is 0 Å². The first-order valence-corrected chi connectivity index (χ1v) is 7.72. The number of alkyl halides is 3. The van der Waals surface area contributed by atoms with Gasteiger partial charge in [-0.25, -0.2) is 0 Å². The van der Waals surface area contributed by atoms with Crippen molar-refractivity contribution in [3.05, 3.63) is 53.6 Å². The minimum Gasteiger partial charge on any atom is -0.496 e. The summed E-state index contributed by atoms with van der Waals surface area (Å²) in [5, 5.41) is 4.43. The standard InChI is InChI=1S/C18H17F3N2O4/c1-26-13-4-3-5-14(27-2)15(13)16(24)23-12-8-6-11(7-9-12)10-22-17(25)18(19,20)21/h3-9H,10H2,1-2H3,(H,22,25)(H,23,24). The van der Waals surface area contributed by atoms with Crippen molar-refractivity contribution in [2.45, 2.75) is 12.7 Å². The smallest absolute Gasteiger partial charge is 0.471 e. The van der Waals surface area contributed by atoms with E-state index in [1.165, 1.54) is 38.5 Å². The number of benzene rings is 2. The molecule has 9 heteroatoms. The van der Waals surface area contributed by atoms with E-state index in [2.05, 4.69) is 5.32 Å². The number of nitrogens with one attached hydrogen (secondary N) is 2. The fourth-order valence-corrected chi connectivity index (χ4v) is 2.26. The van der Waals surface area contributed by atoms with Crippen LogP contribution in [-0.4, -0.2) is 32.2 Å². The van der Waals surface area contributed by atoms with Gasteiger partial charge in [-0.1, -0.05) is 18.2 Å². The number of ether oxygens (including phenoxy) is 2. The first-order valence-electron chi connectivity index (χ1n) is 7.72. The predicted molar refractivity (Wildman–Crippen MR) is 91.8 cm³/mol. The normalized spacial score (nSPS) is 10.9. The van der Waals surface area contributed by atoms with Crippen molar-refractivity contribution < 1.29 is 32.2 Å². The zero-order valence-corrected chi connectivity index (χ0v) is 14.5. The molecule has 6 nitrogen and oxygen atoms in total. The molecule has 2 rings (SSSR count).